The number of imidazole rings is 1. The maximum atomic E-state index is 4.55. The molecular weight excluding hydrogens is 274 g/mol. The molecule has 0 aliphatic carbocycles. The summed E-state index contributed by atoms with van der Waals surface area (Å²) in [5.41, 5.74) is 2.59. The van der Waals surface area contributed by atoms with Crippen molar-refractivity contribution in [2.24, 2.45) is 5.92 Å². The number of H-pyrrole nitrogens is 1. The van der Waals surface area contributed by atoms with Crippen LogP contribution < -0.4 is 0 Å². The second-order valence-corrected chi connectivity index (χ2v) is 6.52. The van der Waals surface area contributed by atoms with Gasteiger partial charge in [-0.2, -0.15) is 5.10 Å². The smallest absolute Gasteiger partial charge is 0.122 e. The van der Waals surface area contributed by atoms with E-state index < -0.39 is 0 Å². The Morgan fingerprint density at radius 1 is 1.41 bits per heavy atom. The fourth-order valence-corrected chi connectivity index (χ4v) is 3.47. The third-order valence-electron chi connectivity index (χ3n) is 4.66. The number of nitrogens with one attached hydrogen (secondary N) is 1. The molecule has 0 spiro atoms. The Morgan fingerprint density at radius 3 is 3.09 bits per heavy atom. The molecule has 1 aliphatic rings. The lowest BCUT2D eigenvalue weighted by Crippen LogP contribution is -2.36. The normalized spacial score (nSPS) is 19.6. The molecule has 1 atom stereocenters. The van der Waals surface area contributed by atoms with Gasteiger partial charge >= 0.3 is 0 Å². The minimum Gasteiger partial charge on any atom is -0.334 e. The lowest BCUT2D eigenvalue weighted by molar-refractivity contribution is 0.161. The Hall–Kier alpha value is -1.62. The molecule has 5 heteroatoms. The number of rotatable bonds is 6. The van der Waals surface area contributed by atoms with Gasteiger partial charge in [-0.1, -0.05) is 6.92 Å². The zero-order valence-corrected chi connectivity index (χ0v) is 13.8. The van der Waals surface area contributed by atoms with Crippen molar-refractivity contribution in [1.29, 1.82) is 0 Å². The standard InChI is InChI=1S/C17H27N5/c1-3-7-22-9-6-18-17(22)13-21-8-4-5-15(12-21)10-16-14(2)11-19-20-16/h6,9,11,15H,3-5,7-8,10,12-13H2,1-2H3,(H,19,20). The highest BCUT2D eigenvalue weighted by Gasteiger charge is 2.22. The Labute approximate surface area is 132 Å². The number of aryl methyl sites for hydroxylation is 2. The zero-order chi connectivity index (χ0) is 15.4. The molecule has 1 saturated heterocycles. The van der Waals surface area contributed by atoms with Crippen molar-refractivity contribution in [3.05, 3.63) is 35.7 Å². The number of nitrogens with zero attached hydrogens (tertiary/aromatic N) is 4. The van der Waals surface area contributed by atoms with Crippen molar-refractivity contribution in [2.75, 3.05) is 13.1 Å². The first-order chi connectivity index (χ1) is 10.8. The monoisotopic (exact) mass is 301 g/mol. The van der Waals surface area contributed by atoms with Gasteiger partial charge in [-0.25, -0.2) is 4.98 Å². The van der Waals surface area contributed by atoms with E-state index in [2.05, 4.69) is 44.7 Å². The fourth-order valence-electron chi connectivity index (χ4n) is 3.47. The minimum atomic E-state index is 0.725. The molecular formula is C17H27N5. The molecule has 1 fully saturated rings. The molecule has 3 heterocycles. The van der Waals surface area contributed by atoms with E-state index in [1.165, 1.54) is 36.5 Å². The molecule has 120 valence electrons. The largest absolute Gasteiger partial charge is 0.334 e. The molecule has 0 bridgehead atoms. The molecule has 0 aromatic carbocycles. The Balaban J connectivity index is 1.58. The van der Waals surface area contributed by atoms with Gasteiger partial charge in [-0.3, -0.25) is 10.00 Å². The lowest BCUT2D eigenvalue weighted by atomic mass is 9.92. The second kappa shape index (κ2) is 7.09. The van der Waals surface area contributed by atoms with Crippen LogP contribution in [0.25, 0.3) is 0 Å². The maximum Gasteiger partial charge on any atom is 0.122 e. The molecule has 0 saturated carbocycles. The van der Waals surface area contributed by atoms with Gasteiger partial charge in [0, 0.05) is 31.2 Å². The SMILES string of the molecule is CCCn1ccnc1CN1CCCC(Cc2[nH]ncc2C)C1. The number of likely N-dealkylation sites (tertiary alicyclic amines) is 1. The summed E-state index contributed by atoms with van der Waals surface area (Å²) in [6.45, 7) is 8.76. The van der Waals surface area contributed by atoms with E-state index in [-0.39, 0.29) is 0 Å². The highest BCUT2D eigenvalue weighted by molar-refractivity contribution is 5.14. The van der Waals surface area contributed by atoms with E-state index in [4.69, 9.17) is 0 Å². The van der Waals surface area contributed by atoms with Crippen molar-refractivity contribution < 1.29 is 0 Å². The van der Waals surface area contributed by atoms with Crippen molar-refractivity contribution in [3.63, 3.8) is 0 Å². The van der Waals surface area contributed by atoms with Crippen molar-refractivity contribution in [2.45, 2.75) is 52.6 Å². The van der Waals surface area contributed by atoms with Gasteiger partial charge in [-0.05, 0) is 50.6 Å². The zero-order valence-electron chi connectivity index (χ0n) is 13.8. The van der Waals surface area contributed by atoms with Gasteiger partial charge < -0.3 is 4.57 Å². The van der Waals surface area contributed by atoms with Crippen LogP contribution in [0.3, 0.4) is 0 Å². The van der Waals surface area contributed by atoms with E-state index in [9.17, 15) is 0 Å². The molecule has 0 radical (unpaired) electrons. The Bertz CT molecular complexity index is 585. The van der Waals surface area contributed by atoms with Gasteiger partial charge in [0.2, 0.25) is 0 Å². The van der Waals surface area contributed by atoms with Crippen LogP contribution in [-0.2, 0) is 19.5 Å². The number of piperidine rings is 1. The van der Waals surface area contributed by atoms with Crippen LogP contribution in [0.4, 0.5) is 0 Å². The summed E-state index contributed by atoms with van der Waals surface area (Å²) >= 11 is 0. The Morgan fingerprint density at radius 2 is 2.32 bits per heavy atom. The van der Waals surface area contributed by atoms with Crippen molar-refractivity contribution >= 4 is 0 Å². The highest BCUT2D eigenvalue weighted by atomic mass is 15.2. The second-order valence-electron chi connectivity index (χ2n) is 6.52. The predicted octanol–water partition coefficient (Wildman–Crippen LogP) is 2.78. The van der Waals surface area contributed by atoms with E-state index in [1.807, 2.05) is 12.4 Å². The third-order valence-corrected chi connectivity index (χ3v) is 4.66. The Kier molecular flexibility index (Phi) is 4.93. The molecule has 3 rings (SSSR count). The first kappa shape index (κ1) is 15.3. The number of hydrogen-bond acceptors (Lipinski definition) is 3. The average Bonchev–Trinajstić information content (AvgIpc) is 3.10. The van der Waals surface area contributed by atoms with Gasteiger partial charge in [0.25, 0.3) is 0 Å². The molecule has 1 N–H and O–H groups in total. The van der Waals surface area contributed by atoms with Gasteiger partial charge in [0.05, 0.1) is 12.7 Å². The first-order valence-electron chi connectivity index (χ1n) is 8.47. The van der Waals surface area contributed by atoms with Crippen LogP contribution in [0, 0.1) is 12.8 Å². The van der Waals surface area contributed by atoms with Crippen LogP contribution in [0.2, 0.25) is 0 Å². The molecule has 5 nitrogen and oxygen atoms in total. The fraction of sp³-hybridized carbons (Fsp3) is 0.647. The number of hydrogen-bond donors (Lipinski definition) is 1. The van der Waals surface area contributed by atoms with Crippen LogP contribution >= 0.6 is 0 Å². The molecule has 2 aromatic heterocycles. The minimum absolute atomic E-state index is 0.725. The van der Waals surface area contributed by atoms with Gasteiger partial charge in [-0.15, -0.1) is 0 Å². The predicted molar refractivity (Wildman–Crippen MR) is 87.5 cm³/mol. The van der Waals surface area contributed by atoms with E-state index in [0.717, 1.165) is 38.4 Å². The summed E-state index contributed by atoms with van der Waals surface area (Å²) in [6, 6.07) is 0. The topological polar surface area (TPSA) is 49.7 Å². The lowest BCUT2D eigenvalue weighted by Gasteiger charge is -2.32. The van der Waals surface area contributed by atoms with Crippen LogP contribution in [0.5, 0.6) is 0 Å². The summed E-state index contributed by atoms with van der Waals surface area (Å²) in [7, 11) is 0. The van der Waals surface area contributed by atoms with Gasteiger partial charge in [0.15, 0.2) is 0 Å². The van der Waals surface area contributed by atoms with Crippen molar-refractivity contribution in [3.8, 4) is 0 Å². The summed E-state index contributed by atoms with van der Waals surface area (Å²) < 4.78 is 2.29. The van der Waals surface area contributed by atoms with Crippen LogP contribution in [0.1, 0.15) is 43.3 Å². The molecule has 0 amide bonds. The average molecular weight is 301 g/mol. The summed E-state index contributed by atoms with van der Waals surface area (Å²) in [4.78, 5) is 7.11. The number of aromatic amines is 1. The molecule has 1 unspecified atom stereocenters. The quantitative estimate of drug-likeness (QED) is 0.892. The third kappa shape index (κ3) is 3.58. The van der Waals surface area contributed by atoms with Crippen LogP contribution in [0.15, 0.2) is 18.6 Å². The van der Waals surface area contributed by atoms with Crippen LogP contribution in [-0.4, -0.2) is 37.7 Å². The molecule has 1 aliphatic heterocycles. The summed E-state index contributed by atoms with van der Waals surface area (Å²) in [6.07, 6.45) is 10.8. The molecule has 2 aromatic rings. The van der Waals surface area contributed by atoms with E-state index in [1.54, 1.807) is 0 Å². The van der Waals surface area contributed by atoms with E-state index >= 15 is 0 Å². The van der Waals surface area contributed by atoms with E-state index in [0.29, 0.717) is 0 Å². The maximum absolute atomic E-state index is 4.55. The van der Waals surface area contributed by atoms with Gasteiger partial charge in [0.1, 0.15) is 5.82 Å². The summed E-state index contributed by atoms with van der Waals surface area (Å²) in [5.74, 6) is 1.93. The molecule has 22 heavy (non-hydrogen) atoms. The van der Waals surface area contributed by atoms with Crippen molar-refractivity contribution in [1.82, 2.24) is 24.6 Å². The first-order valence-corrected chi connectivity index (χ1v) is 8.47. The number of aromatic nitrogens is 4. The highest BCUT2D eigenvalue weighted by Crippen LogP contribution is 2.22. The summed E-state index contributed by atoms with van der Waals surface area (Å²) in [5, 5.41) is 7.30.